The lowest BCUT2D eigenvalue weighted by atomic mass is 9.86. The van der Waals surface area contributed by atoms with Crippen LogP contribution in [0.2, 0.25) is 0 Å². The van der Waals surface area contributed by atoms with Crippen molar-refractivity contribution >= 4 is 11.9 Å². The van der Waals surface area contributed by atoms with Gasteiger partial charge in [-0.2, -0.15) is 0 Å². The van der Waals surface area contributed by atoms with E-state index in [9.17, 15) is 9.59 Å². The number of carbonyl (C=O) groups excluding carboxylic acids is 2. The molecule has 19 heavy (non-hydrogen) atoms. The Morgan fingerprint density at radius 3 is 2.68 bits per heavy atom. The van der Waals surface area contributed by atoms with Crippen molar-refractivity contribution in [1.82, 2.24) is 0 Å². The molecule has 0 radical (unpaired) electrons. The zero-order valence-corrected chi connectivity index (χ0v) is 10.8. The summed E-state index contributed by atoms with van der Waals surface area (Å²) in [5.74, 6) is -0.669. The van der Waals surface area contributed by atoms with Crippen molar-refractivity contribution in [2.24, 2.45) is 5.92 Å². The smallest absolute Gasteiger partial charge is 0.334 e. The van der Waals surface area contributed by atoms with Gasteiger partial charge < -0.3 is 9.47 Å². The van der Waals surface area contributed by atoms with E-state index in [-0.39, 0.29) is 30.1 Å². The summed E-state index contributed by atoms with van der Waals surface area (Å²) < 4.78 is 10.7. The SMILES string of the molecule is C=C1C(=O)OC2CC3=CCC(OC3=O)/C(C)=C\CC12. The van der Waals surface area contributed by atoms with Gasteiger partial charge >= 0.3 is 11.9 Å². The van der Waals surface area contributed by atoms with Crippen LogP contribution in [0.5, 0.6) is 0 Å². The number of hydrogen-bond donors (Lipinski definition) is 0. The molecular weight excluding hydrogens is 244 g/mol. The predicted molar refractivity (Wildman–Crippen MR) is 68.1 cm³/mol. The Bertz CT molecular complexity index is 526. The van der Waals surface area contributed by atoms with Crippen molar-refractivity contribution in [3.63, 3.8) is 0 Å². The first kappa shape index (κ1) is 12.2. The van der Waals surface area contributed by atoms with Crippen LogP contribution >= 0.6 is 0 Å². The molecule has 1 fully saturated rings. The van der Waals surface area contributed by atoms with Crippen molar-refractivity contribution in [3.8, 4) is 0 Å². The van der Waals surface area contributed by atoms with Crippen LogP contribution in [-0.4, -0.2) is 24.1 Å². The fraction of sp³-hybridized carbons (Fsp3) is 0.467. The maximum Gasteiger partial charge on any atom is 0.334 e. The lowest BCUT2D eigenvalue weighted by Crippen LogP contribution is -2.29. The molecule has 100 valence electrons. The van der Waals surface area contributed by atoms with E-state index in [0.717, 1.165) is 5.57 Å². The molecule has 4 nitrogen and oxygen atoms in total. The molecule has 3 aliphatic heterocycles. The summed E-state index contributed by atoms with van der Waals surface area (Å²) in [4.78, 5) is 23.5. The van der Waals surface area contributed by atoms with Gasteiger partial charge in [0.15, 0.2) is 0 Å². The normalized spacial score (nSPS) is 36.9. The van der Waals surface area contributed by atoms with E-state index in [1.165, 1.54) is 0 Å². The molecule has 4 rings (SSSR count). The molecular formula is C15H16O4. The lowest BCUT2D eigenvalue weighted by molar-refractivity contribution is -0.146. The van der Waals surface area contributed by atoms with Gasteiger partial charge in [-0.15, -0.1) is 0 Å². The van der Waals surface area contributed by atoms with Gasteiger partial charge in [-0.25, -0.2) is 9.59 Å². The van der Waals surface area contributed by atoms with Gasteiger partial charge in [-0.3, -0.25) is 0 Å². The molecule has 1 saturated heterocycles. The molecule has 0 amide bonds. The van der Waals surface area contributed by atoms with Crippen molar-refractivity contribution in [3.05, 3.63) is 35.5 Å². The third kappa shape index (κ3) is 2.01. The van der Waals surface area contributed by atoms with E-state index in [2.05, 4.69) is 6.58 Å². The van der Waals surface area contributed by atoms with Crippen molar-refractivity contribution in [2.75, 3.05) is 0 Å². The van der Waals surface area contributed by atoms with Gasteiger partial charge in [0.05, 0.1) is 0 Å². The average Bonchev–Trinajstić information content (AvgIpc) is 2.65. The summed E-state index contributed by atoms with van der Waals surface area (Å²) in [5.41, 5.74) is 2.15. The van der Waals surface area contributed by atoms with Crippen LogP contribution in [0.25, 0.3) is 0 Å². The van der Waals surface area contributed by atoms with E-state index in [1.54, 1.807) is 0 Å². The van der Waals surface area contributed by atoms with Crippen molar-refractivity contribution < 1.29 is 19.1 Å². The molecule has 0 aromatic rings. The molecule has 3 unspecified atom stereocenters. The van der Waals surface area contributed by atoms with Crippen LogP contribution in [0.4, 0.5) is 0 Å². The highest BCUT2D eigenvalue weighted by molar-refractivity contribution is 5.92. The minimum Gasteiger partial charge on any atom is -0.458 e. The zero-order valence-electron chi connectivity index (χ0n) is 10.8. The molecule has 0 N–H and O–H groups in total. The fourth-order valence-electron chi connectivity index (χ4n) is 2.84. The van der Waals surface area contributed by atoms with E-state index in [0.29, 0.717) is 30.4 Å². The minimum atomic E-state index is -0.344. The Morgan fingerprint density at radius 1 is 1.16 bits per heavy atom. The summed E-state index contributed by atoms with van der Waals surface area (Å²) in [6, 6.07) is 0. The second-order valence-corrected chi connectivity index (χ2v) is 5.32. The van der Waals surface area contributed by atoms with Gasteiger partial charge in [-0.05, 0) is 18.9 Å². The molecule has 1 aliphatic carbocycles. The quantitative estimate of drug-likeness (QED) is 0.380. The second-order valence-electron chi connectivity index (χ2n) is 5.32. The molecule has 3 heterocycles. The lowest BCUT2D eigenvalue weighted by Gasteiger charge is -2.27. The second kappa shape index (κ2) is 4.37. The first-order chi connectivity index (χ1) is 9.06. The Kier molecular flexibility index (Phi) is 2.81. The number of carbonyl (C=O) groups is 2. The summed E-state index contributed by atoms with van der Waals surface area (Å²) >= 11 is 0. The predicted octanol–water partition coefficient (Wildman–Crippen LogP) is 2.07. The number of fused-ring (bicyclic) bond motifs is 3. The van der Waals surface area contributed by atoms with E-state index in [1.807, 2.05) is 19.1 Å². The van der Waals surface area contributed by atoms with Crippen LogP contribution in [-0.2, 0) is 19.1 Å². The van der Waals surface area contributed by atoms with Crippen LogP contribution in [0.15, 0.2) is 35.5 Å². The van der Waals surface area contributed by atoms with E-state index >= 15 is 0 Å². The third-order valence-corrected chi connectivity index (χ3v) is 4.13. The van der Waals surface area contributed by atoms with Gasteiger partial charge in [-0.1, -0.05) is 18.7 Å². The first-order valence-electron chi connectivity index (χ1n) is 6.52. The maximum atomic E-state index is 11.9. The molecule has 0 spiro atoms. The van der Waals surface area contributed by atoms with Crippen LogP contribution < -0.4 is 0 Å². The highest BCUT2D eigenvalue weighted by Crippen LogP contribution is 2.36. The molecule has 0 aromatic carbocycles. The summed E-state index contributed by atoms with van der Waals surface area (Å²) in [6.07, 6.45) is 5.32. The topological polar surface area (TPSA) is 52.6 Å². The summed E-state index contributed by atoms with van der Waals surface area (Å²) in [5, 5.41) is 0. The Balaban J connectivity index is 1.98. The zero-order chi connectivity index (χ0) is 13.6. The number of rotatable bonds is 0. The van der Waals surface area contributed by atoms with Crippen LogP contribution in [0.3, 0.4) is 0 Å². The third-order valence-electron chi connectivity index (χ3n) is 4.13. The van der Waals surface area contributed by atoms with Crippen LogP contribution in [0.1, 0.15) is 26.2 Å². The maximum absolute atomic E-state index is 11.9. The van der Waals surface area contributed by atoms with E-state index in [4.69, 9.17) is 9.47 Å². The first-order valence-corrected chi connectivity index (χ1v) is 6.52. The van der Waals surface area contributed by atoms with Crippen molar-refractivity contribution in [1.29, 1.82) is 0 Å². The standard InChI is InChI=1S/C15H16O4/c1-8-3-5-11-9(2)14(16)19-13(11)7-10-4-6-12(8)18-15(10)17/h3-4,11-13H,2,5-7H2,1H3/b8-3-. The monoisotopic (exact) mass is 260 g/mol. The highest BCUT2D eigenvalue weighted by atomic mass is 16.6. The van der Waals surface area contributed by atoms with Gasteiger partial charge in [0.1, 0.15) is 12.2 Å². The molecule has 0 aromatic heterocycles. The molecule has 4 aliphatic rings. The Hall–Kier alpha value is -1.84. The Morgan fingerprint density at radius 2 is 1.95 bits per heavy atom. The van der Waals surface area contributed by atoms with Gasteiger partial charge in [0, 0.05) is 29.9 Å². The molecule has 4 heteroatoms. The molecule has 2 bridgehead atoms. The molecule has 0 saturated carbocycles. The number of ether oxygens (including phenoxy) is 2. The average molecular weight is 260 g/mol. The largest absolute Gasteiger partial charge is 0.458 e. The van der Waals surface area contributed by atoms with Crippen LogP contribution in [0, 0.1) is 5.92 Å². The number of allylic oxidation sites excluding steroid dienone is 1. The van der Waals surface area contributed by atoms with Crippen molar-refractivity contribution in [2.45, 2.75) is 38.4 Å². The number of hydrogen-bond acceptors (Lipinski definition) is 4. The fourth-order valence-corrected chi connectivity index (χ4v) is 2.84. The van der Waals surface area contributed by atoms with Gasteiger partial charge in [0.2, 0.25) is 0 Å². The van der Waals surface area contributed by atoms with E-state index < -0.39 is 0 Å². The summed E-state index contributed by atoms with van der Waals surface area (Å²) in [6.45, 7) is 5.76. The highest BCUT2D eigenvalue weighted by Gasteiger charge is 2.40. The minimum absolute atomic E-state index is 0.0319. The van der Waals surface area contributed by atoms with Gasteiger partial charge in [0.25, 0.3) is 0 Å². The summed E-state index contributed by atoms with van der Waals surface area (Å²) in [7, 11) is 0. The molecule has 3 atom stereocenters. The Labute approximate surface area is 111 Å². The number of esters is 2.